The van der Waals surface area contributed by atoms with Gasteiger partial charge in [-0.25, -0.2) is 9.78 Å². The van der Waals surface area contributed by atoms with Gasteiger partial charge in [0.15, 0.2) is 0 Å². The quantitative estimate of drug-likeness (QED) is 0.195. The number of ether oxygens (including phenoxy) is 1. The summed E-state index contributed by atoms with van der Waals surface area (Å²) in [7, 11) is 0. The second-order valence-corrected chi connectivity index (χ2v) is 9.70. The fourth-order valence-electron chi connectivity index (χ4n) is 3.95. The van der Waals surface area contributed by atoms with Gasteiger partial charge in [-0.1, -0.05) is 32.0 Å². The van der Waals surface area contributed by atoms with E-state index in [9.17, 15) is 31.1 Å². The molecule has 0 saturated carbocycles. The fourth-order valence-corrected chi connectivity index (χ4v) is 4.81. The zero-order chi connectivity index (χ0) is 28.1. The van der Waals surface area contributed by atoms with E-state index in [0.717, 1.165) is 40.0 Å². The van der Waals surface area contributed by atoms with Gasteiger partial charge in [-0.05, 0) is 60.9 Å². The third-order valence-electron chi connectivity index (χ3n) is 5.70. The first-order valence-corrected chi connectivity index (χ1v) is 13.1. The number of hydrogen-bond acceptors (Lipinski definition) is 4. The fraction of sp³-hybridized carbons (Fsp3) is 0.407. The monoisotopic (exact) mass is 558 g/mol. The van der Waals surface area contributed by atoms with Gasteiger partial charge < -0.3 is 4.74 Å². The van der Waals surface area contributed by atoms with E-state index in [4.69, 9.17) is 9.72 Å². The summed E-state index contributed by atoms with van der Waals surface area (Å²) in [6.45, 7) is 4.93. The molecule has 0 atom stereocenters. The number of halogens is 6. The molecule has 0 radical (unpaired) electrons. The smallest absolute Gasteiger partial charge is 0.416 e. The van der Waals surface area contributed by atoms with Gasteiger partial charge in [0.1, 0.15) is 5.03 Å². The van der Waals surface area contributed by atoms with E-state index in [1.165, 1.54) is 11.8 Å². The summed E-state index contributed by atoms with van der Waals surface area (Å²) in [5, 5.41) is 1.47. The number of nitrogens with zero attached hydrogens (tertiary/aromatic N) is 2. The van der Waals surface area contributed by atoms with Crippen molar-refractivity contribution in [2.45, 2.75) is 64.1 Å². The van der Waals surface area contributed by atoms with Gasteiger partial charge in [-0.3, -0.25) is 4.90 Å². The van der Waals surface area contributed by atoms with E-state index in [2.05, 4.69) is 0 Å². The van der Waals surface area contributed by atoms with Crippen LogP contribution >= 0.6 is 11.8 Å². The molecule has 11 heteroatoms. The average molecular weight is 559 g/mol. The molecule has 0 N–H and O–H groups in total. The van der Waals surface area contributed by atoms with E-state index < -0.39 is 36.1 Å². The van der Waals surface area contributed by atoms with E-state index in [1.54, 1.807) is 6.92 Å². The molecule has 0 aliphatic heterocycles. The van der Waals surface area contributed by atoms with Gasteiger partial charge in [-0.2, -0.15) is 26.3 Å². The highest BCUT2D eigenvalue weighted by atomic mass is 32.2. The summed E-state index contributed by atoms with van der Waals surface area (Å²) in [4.78, 5) is 18.8. The number of amides is 1. The first-order chi connectivity index (χ1) is 17.9. The van der Waals surface area contributed by atoms with Crippen molar-refractivity contribution in [2.24, 2.45) is 0 Å². The Balaban J connectivity index is 2.08. The molecule has 0 spiro atoms. The van der Waals surface area contributed by atoms with Crippen molar-refractivity contribution in [3.05, 3.63) is 70.3 Å². The number of alkyl halides is 6. The van der Waals surface area contributed by atoms with Gasteiger partial charge in [0, 0.05) is 17.5 Å². The lowest BCUT2D eigenvalue weighted by Crippen LogP contribution is -2.31. The zero-order valence-electron chi connectivity index (χ0n) is 21.2. The van der Waals surface area contributed by atoms with Gasteiger partial charge in [0.2, 0.25) is 0 Å². The number of fused-ring (bicyclic) bond motifs is 1. The Morgan fingerprint density at radius 2 is 1.58 bits per heavy atom. The number of hydrogen-bond donors (Lipinski definition) is 0. The Morgan fingerprint density at radius 1 is 0.921 bits per heavy atom. The molecule has 4 nitrogen and oxygen atoms in total. The number of para-hydroxylation sites is 1. The number of aromatic nitrogens is 1. The van der Waals surface area contributed by atoms with Crippen LogP contribution in [0, 0.1) is 0 Å². The number of carbonyl (C=O) groups is 1. The minimum atomic E-state index is -4.99. The minimum absolute atomic E-state index is 0.0149. The molecule has 1 amide bonds. The molecule has 0 fully saturated rings. The van der Waals surface area contributed by atoms with Crippen molar-refractivity contribution in [1.82, 2.24) is 9.88 Å². The van der Waals surface area contributed by atoms with Crippen LogP contribution in [0.1, 0.15) is 55.0 Å². The number of rotatable bonds is 9. The van der Waals surface area contributed by atoms with Crippen molar-refractivity contribution < 1.29 is 35.9 Å². The first kappa shape index (κ1) is 29.6. The molecule has 0 saturated heterocycles. The SMILES string of the molecule is CCCSc1nc2c(CC)cccc2cc1CN(Cc1cc(C(F)(F)F)cc(C(F)(F)F)c1)C(=O)OCC. The molecule has 3 rings (SSSR count). The molecule has 2 aromatic carbocycles. The average Bonchev–Trinajstić information content (AvgIpc) is 2.85. The maximum atomic E-state index is 13.4. The van der Waals surface area contributed by atoms with Gasteiger partial charge in [0.05, 0.1) is 29.8 Å². The van der Waals surface area contributed by atoms with Crippen molar-refractivity contribution in [3.8, 4) is 0 Å². The Morgan fingerprint density at radius 3 is 2.13 bits per heavy atom. The number of aryl methyl sites for hydroxylation is 1. The van der Waals surface area contributed by atoms with Gasteiger partial charge >= 0.3 is 18.4 Å². The number of benzene rings is 2. The van der Waals surface area contributed by atoms with Crippen LogP contribution in [0.3, 0.4) is 0 Å². The van der Waals surface area contributed by atoms with Crippen LogP contribution in [-0.2, 0) is 36.6 Å². The first-order valence-electron chi connectivity index (χ1n) is 12.1. The molecular weight excluding hydrogens is 530 g/mol. The Hall–Kier alpha value is -2.95. The summed E-state index contributed by atoms with van der Waals surface area (Å²) < 4.78 is 85.5. The summed E-state index contributed by atoms with van der Waals surface area (Å²) >= 11 is 1.48. The molecule has 0 aliphatic carbocycles. The van der Waals surface area contributed by atoms with Crippen LogP contribution in [0.5, 0.6) is 0 Å². The van der Waals surface area contributed by atoms with Crippen molar-refractivity contribution >= 4 is 28.8 Å². The van der Waals surface area contributed by atoms with Crippen molar-refractivity contribution in [1.29, 1.82) is 0 Å². The summed E-state index contributed by atoms with van der Waals surface area (Å²) in [6, 6.07) is 8.91. The molecule has 0 bridgehead atoms. The molecular formula is C27H28F6N2O2S. The third kappa shape index (κ3) is 7.33. The largest absolute Gasteiger partial charge is 0.450 e. The Bertz CT molecular complexity index is 1240. The maximum absolute atomic E-state index is 13.4. The minimum Gasteiger partial charge on any atom is -0.450 e. The van der Waals surface area contributed by atoms with E-state index >= 15 is 0 Å². The van der Waals surface area contributed by atoms with E-state index in [1.807, 2.05) is 38.1 Å². The van der Waals surface area contributed by atoms with E-state index in [0.29, 0.717) is 22.7 Å². The van der Waals surface area contributed by atoms with Crippen LogP contribution in [0.25, 0.3) is 10.9 Å². The summed E-state index contributed by atoms with van der Waals surface area (Å²) in [6.07, 6.45) is -9.23. The molecule has 38 heavy (non-hydrogen) atoms. The zero-order valence-corrected chi connectivity index (χ0v) is 22.0. The number of pyridine rings is 1. The number of carbonyl (C=O) groups excluding carboxylic acids is 1. The molecule has 206 valence electrons. The van der Waals surface area contributed by atoms with Gasteiger partial charge in [0.25, 0.3) is 0 Å². The summed E-state index contributed by atoms with van der Waals surface area (Å²) in [5.41, 5.74) is -0.717. The highest BCUT2D eigenvalue weighted by Gasteiger charge is 2.37. The molecule has 0 unspecified atom stereocenters. The van der Waals surface area contributed by atoms with Crippen LogP contribution in [0.15, 0.2) is 47.5 Å². The van der Waals surface area contributed by atoms with Crippen LogP contribution < -0.4 is 0 Å². The predicted octanol–water partition coefficient (Wildman–Crippen LogP) is 8.50. The standard InChI is InChI=1S/C27H28F6N2O2S/c1-4-10-38-24-20(13-19-9-7-8-18(5-2)23(19)34-24)16-35(25(36)37-6-3)15-17-11-21(26(28,29)30)14-22(12-17)27(31,32)33/h7-9,11-14H,4-6,10,15-16H2,1-3H3. The second-order valence-electron chi connectivity index (χ2n) is 8.61. The Labute approximate surface area is 221 Å². The van der Waals surface area contributed by atoms with Crippen LogP contribution in [0.4, 0.5) is 31.1 Å². The second kappa shape index (κ2) is 12.3. The lowest BCUT2D eigenvalue weighted by molar-refractivity contribution is -0.143. The van der Waals surface area contributed by atoms with E-state index in [-0.39, 0.29) is 24.8 Å². The van der Waals surface area contributed by atoms with Crippen molar-refractivity contribution in [3.63, 3.8) is 0 Å². The molecule has 1 aromatic heterocycles. The summed E-state index contributed by atoms with van der Waals surface area (Å²) in [5.74, 6) is 0.738. The Kier molecular flexibility index (Phi) is 9.56. The van der Waals surface area contributed by atoms with Crippen molar-refractivity contribution in [2.75, 3.05) is 12.4 Å². The van der Waals surface area contributed by atoms with Crippen LogP contribution in [-0.4, -0.2) is 28.3 Å². The topological polar surface area (TPSA) is 42.4 Å². The van der Waals surface area contributed by atoms with Gasteiger partial charge in [-0.15, -0.1) is 11.8 Å². The highest BCUT2D eigenvalue weighted by molar-refractivity contribution is 7.99. The molecule has 1 heterocycles. The number of thioether (sulfide) groups is 1. The lowest BCUT2D eigenvalue weighted by Gasteiger charge is -2.24. The third-order valence-corrected chi connectivity index (χ3v) is 6.94. The molecule has 0 aliphatic rings. The molecule has 3 aromatic rings. The lowest BCUT2D eigenvalue weighted by atomic mass is 10.0. The predicted molar refractivity (Wildman–Crippen MR) is 135 cm³/mol. The highest BCUT2D eigenvalue weighted by Crippen LogP contribution is 2.37. The van der Waals surface area contributed by atoms with Crippen LogP contribution in [0.2, 0.25) is 0 Å². The maximum Gasteiger partial charge on any atom is 0.416 e. The normalized spacial score (nSPS) is 12.1.